The van der Waals surface area contributed by atoms with E-state index in [1.165, 1.54) is 22.5 Å². The molecule has 2 rings (SSSR count). The van der Waals surface area contributed by atoms with E-state index in [1.807, 2.05) is 6.92 Å². The number of hydrogen-bond acceptors (Lipinski definition) is 3. The zero-order chi connectivity index (χ0) is 14.0. The quantitative estimate of drug-likeness (QED) is 0.905. The average Bonchev–Trinajstić information content (AvgIpc) is 2.24. The molecule has 1 heterocycles. The van der Waals surface area contributed by atoms with E-state index in [-0.39, 0.29) is 10.9 Å². The second kappa shape index (κ2) is 5.97. The van der Waals surface area contributed by atoms with Crippen molar-refractivity contribution in [1.82, 2.24) is 9.62 Å². The standard InChI is InChI=1S/C12H16Cl2N2O2S/c1-2-3-16(11-7-15-8-11)19(17,18)12-5-9(13)4-10(14)6-12/h4-6,11,15H,2-3,7-8H2,1H3. The van der Waals surface area contributed by atoms with Crippen molar-refractivity contribution in [2.45, 2.75) is 24.3 Å². The number of sulfonamides is 1. The Kier molecular flexibility index (Phi) is 4.74. The molecular weight excluding hydrogens is 307 g/mol. The molecule has 0 amide bonds. The predicted molar refractivity (Wildman–Crippen MR) is 77.3 cm³/mol. The molecule has 0 aliphatic carbocycles. The first-order valence-electron chi connectivity index (χ1n) is 6.14. The minimum atomic E-state index is -3.54. The third-order valence-electron chi connectivity index (χ3n) is 3.05. The van der Waals surface area contributed by atoms with Gasteiger partial charge in [0.1, 0.15) is 0 Å². The molecule has 1 aromatic carbocycles. The molecule has 4 nitrogen and oxygen atoms in total. The normalized spacial score (nSPS) is 16.6. The molecule has 19 heavy (non-hydrogen) atoms. The largest absolute Gasteiger partial charge is 0.313 e. The van der Waals surface area contributed by atoms with Crippen molar-refractivity contribution in [3.8, 4) is 0 Å². The molecule has 1 aliphatic rings. The zero-order valence-corrected chi connectivity index (χ0v) is 12.9. The summed E-state index contributed by atoms with van der Waals surface area (Å²) in [4.78, 5) is 0.158. The van der Waals surface area contributed by atoms with Gasteiger partial charge in [-0.25, -0.2) is 8.42 Å². The van der Waals surface area contributed by atoms with Crippen LogP contribution in [0.15, 0.2) is 23.1 Å². The number of hydrogen-bond donors (Lipinski definition) is 1. The van der Waals surface area contributed by atoms with E-state index in [0.29, 0.717) is 29.7 Å². The lowest BCUT2D eigenvalue weighted by atomic mass is 10.2. The van der Waals surface area contributed by atoms with E-state index in [1.54, 1.807) is 0 Å². The minimum absolute atomic E-state index is 0.0164. The second-order valence-corrected chi connectivity index (χ2v) is 7.30. The highest BCUT2D eigenvalue weighted by molar-refractivity contribution is 7.89. The Hall–Kier alpha value is -0.330. The minimum Gasteiger partial charge on any atom is -0.313 e. The van der Waals surface area contributed by atoms with Crippen LogP contribution in [0.2, 0.25) is 10.0 Å². The Morgan fingerprint density at radius 2 is 1.84 bits per heavy atom. The van der Waals surface area contributed by atoms with Gasteiger partial charge in [-0.3, -0.25) is 0 Å². The van der Waals surface area contributed by atoms with Gasteiger partial charge >= 0.3 is 0 Å². The summed E-state index contributed by atoms with van der Waals surface area (Å²) < 4.78 is 26.8. The Bertz CT molecular complexity index is 539. The molecule has 1 aliphatic heterocycles. The van der Waals surface area contributed by atoms with Gasteiger partial charge in [0.25, 0.3) is 0 Å². The van der Waals surface area contributed by atoms with Crippen LogP contribution in [-0.4, -0.2) is 38.4 Å². The molecule has 0 spiro atoms. The lowest BCUT2D eigenvalue weighted by Crippen LogP contribution is -2.58. The number of benzene rings is 1. The summed E-state index contributed by atoms with van der Waals surface area (Å²) in [7, 11) is -3.54. The molecule has 1 saturated heterocycles. The highest BCUT2D eigenvalue weighted by Crippen LogP contribution is 2.26. The third kappa shape index (κ3) is 3.23. The van der Waals surface area contributed by atoms with Crippen LogP contribution in [0.5, 0.6) is 0 Å². The molecule has 1 fully saturated rings. The monoisotopic (exact) mass is 322 g/mol. The molecule has 0 atom stereocenters. The molecular formula is C12H16Cl2N2O2S. The molecule has 0 aromatic heterocycles. The van der Waals surface area contributed by atoms with Crippen molar-refractivity contribution in [3.05, 3.63) is 28.2 Å². The van der Waals surface area contributed by atoms with Gasteiger partial charge in [-0.1, -0.05) is 30.1 Å². The molecule has 0 bridgehead atoms. The maximum absolute atomic E-state index is 12.6. The molecule has 7 heteroatoms. The lowest BCUT2D eigenvalue weighted by Gasteiger charge is -2.37. The molecule has 1 N–H and O–H groups in total. The summed E-state index contributed by atoms with van der Waals surface area (Å²) in [6, 6.07) is 4.43. The van der Waals surface area contributed by atoms with Gasteiger partial charge in [0.15, 0.2) is 0 Å². The van der Waals surface area contributed by atoms with E-state index in [9.17, 15) is 8.42 Å². The van der Waals surface area contributed by atoms with E-state index in [4.69, 9.17) is 23.2 Å². The van der Waals surface area contributed by atoms with Gasteiger partial charge in [0.2, 0.25) is 10.0 Å². The van der Waals surface area contributed by atoms with Crippen molar-refractivity contribution < 1.29 is 8.42 Å². The smallest absolute Gasteiger partial charge is 0.243 e. The number of nitrogens with zero attached hydrogens (tertiary/aromatic N) is 1. The van der Waals surface area contributed by atoms with Crippen LogP contribution < -0.4 is 5.32 Å². The highest BCUT2D eigenvalue weighted by atomic mass is 35.5. The summed E-state index contributed by atoms with van der Waals surface area (Å²) in [5.41, 5.74) is 0. The van der Waals surface area contributed by atoms with Crippen molar-refractivity contribution >= 4 is 33.2 Å². The van der Waals surface area contributed by atoms with Crippen molar-refractivity contribution in [1.29, 1.82) is 0 Å². The number of nitrogens with one attached hydrogen (secondary N) is 1. The Labute approximate surface area is 123 Å². The summed E-state index contributed by atoms with van der Waals surface area (Å²) in [5, 5.41) is 3.74. The molecule has 1 aromatic rings. The first-order chi connectivity index (χ1) is 8.95. The third-order valence-corrected chi connectivity index (χ3v) is 5.42. The van der Waals surface area contributed by atoms with Crippen molar-refractivity contribution in [2.75, 3.05) is 19.6 Å². The maximum Gasteiger partial charge on any atom is 0.243 e. The van der Waals surface area contributed by atoms with Crippen LogP contribution >= 0.6 is 23.2 Å². The first kappa shape index (κ1) is 15.1. The summed E-state index contributed by atoms with van der Waals surface area (Å²) in [6.07, 6.45) is 0.768. The van der Waals surface area contributed by atoms with Crippen LogP contribution in [0.3, 0.4) is 0 Å². The SMILES string of the molecule is CCCN(C1CNC1)S(=O)(=O)c1cc(Cl)cc(Cl)c1. The lowest BCUT2D eigenvalue weighted by molar-refractivity contribution is 0.242. The van der Waals surface area contributed by atoms with Gasteiger partial charge in [-0.05, 0) is 24.6 Å². The number of halogens is 2. The van der Waals surface area contributed by atoms with Gasteiger partial charge in [-0.2, -0.15) is 4.31 Å². The van der Waals surface area contributed by atoms with Crippen LogP contribution in [0, 0.1) is 0 Å². The fourth-order valence-corrected chi connectivity index (χ4v) is 4.45. The molecule has 106 valence electrons. The van der Waals surface area contributed by atoms with Crippen LogP contribution in [0.4, 0.5) is 0 Å². The second-order valence-electron chi connectivity index (χ2n) is 4.53. The zero-order valence-electron chi connectivity index (χ0n) is 10.6. The Morgan fingerprint density at radius 1 is 1.26 bits per heavy atom. The fraction of sp³-hybridized carbons (Fsp3) is 0.500. The van der Waals surface area contributed by atoms with Gasteiger partial charge in [0.05, 0.1) is 10.9 Å². The van der Waals surface area contributed by atoms with E-state index < -0.39 is 10.0 Å². The topological polar surface area (TPSA) is 49.4 Å². The van der Waals surface area contributed by atoms with E-state index in [0.717, 1.165) is 6.42 Å². The van der Waals surface area contributed by atoms with E-state index in [2.05, 4.69) is 5.32 Å². The average molecular weight is 323 g/mol. The summed E-state index contributed by atoms with van der Waals surface area (Å²) in [6.45, 7) is 3.83. The van der Waals surface area contributed by atoms with Gasteiger partial charge in [-0.15, -0.1) is 0 Å². The molecule has 0 saturated carbocycles. The Balaban J connectivity index is 2.37. The highest BCUT2D eigenvalue weighted by Gasteiger charge is 2.34. The molecule has 0 radical (unpaired) electrons. The summed E-state index contributed by atoms with van der Waals surface area (Å²) >= 11 is 11.8. The Morgan fingerprint density at radius 3 is 2.26 bits per heavy atom. The van der Waals surface area contributed by atoms with Gasteiger partial charge in [0, 0.05) is 29.7 Å². The van der Waals surface area contributed by atoms with Crippen LogP contribution in [0.1, 0.15) is 13.3 Å². The van der Waals surface area contributed by atoms with Crippen molar-refractivity contribution in [3.63, 3.8) is 0 Å². The summed E-state index contributed by atoms with van der Waals surface area (Å²) in [5.74, 6) is 0. The fourth-order valence-electron chi connectivity index (χ4n) is 2.01. The maximum atomic E-state index is 12.6. The predicted octanol–water partition coefficient (Wildman–Crippen LogP) is 2.37. The van der Waals surface area contributed by atoms with Gasteiger partial charge < -0.3 is 5.32 Å². The van der Waals surface area contributed by atoms with Crippen LogP contribution in [-0.2, 0) is 10.0 Å². The number of rotatable bonds is 5. The van der Waals surface area contributed by atoms with E-state index >= 15 is 0 Å². The molecule has 0 unspecified atom stereocenters. The first-order valence-corrected chi connectivity index (χ1v) is 8.33. The van der Waals surface area contributed by atoms with Crippen LogP contribution in [0.25, 0.3) is 0 Å². The van der Waals surface area contributed by atoms with Crippen molar-refractivity contribution in [2.24, 2.45) is 0 Å².